The lowest BCUT2D eigenvalue weighted by Gasteiger charge is -2.26. The minimum absolute atomic E-state index is 1.13. The van der Waals surface area contributed by atoms with Crippen LogP contribution in [0.1, 0.15) is 0 Å². The molecule has 53 heavy (non-hydrogen) atoms. The van der Waals surface area contributed by atoms with Crippen LogP contribution in [0.25, 0.3) is 97.7 Å². The number of hydrogen-bond acceptors (Lipinski definition) is 1. The predicted molar refractivity (Wildman–Crippen MR) is 225 cm³/mol. The van der Waals surface area contributed by atoms with Crippen LogP contribution in [0.2, 0.25) is 0 Å². The van der Waals surface area contributed by atoms with E-state index in [0.717, 1.165) is 17.1 Å². The second-order valence-electron chi connectivity index (χ2n) is 14.5. The Balaban J connectivity index is 1.24. The molecular weight excluding hydrogens is 643 g/mol. The molecule has 0 unspecified atom stereocenters. The van der Waals surface area contributed by atoms with Gasteiger partial charge in [0, 0.05) is 54.5 Å². The molecule has 4 heterocycles. The van der Waals surface area contributed by atoms with Crippen LogP contribution in [0.4, 0.5) is 17.1 Å². The summed E-state index contributed by atoms with van der Waals surface area (Å²) in [6, 6.07) is 64.9. The van der Waals surface area contributed by atoms with Crippen molar-refractivity contribution >= 4 is 115 Å². The third-order valence-electron chi connectivity index (χ3n) is 11.9. The van der Waals surface area contributed by atoms with Gasteiger partial charge in [0.15, 0.2) is 0 Å². The van der Waals surface area contributed by atoms with E-state index < -0.39 is 0 Å². The Kier molecular flexibility index (Phi) is 5.11. The number of hydrogen-bond donors (Lipinski definition) is 0. The van der Waals surface area contributed by atoms with E-state index in [4.69, 9.17) is 0 Å². The summed E-state index contributed by atoms with van der Waals surface area (Å²) in [5.74, 6) is 0. The second-order valence-corrected chi connectivity index (χ2v) is 14.5. The molecule has 0 radical (unpaired) electrons. The summed E-state index contributed by atoms with van der Waals surface area (Å²) < 4.78 is 5.11. The van der Waals surface area contributed by atoms with Gasteiger partial charge in [-0.15, -0.1) is 0 Å². The molecule has 0 atom stereocenters. The summed E-state index contributed by atoms with van der Waals surface area (Å²) in [5, 5.41) is 15.6. The monoisotopic (exact) mass is 671 g/mol. The first-order valence-corrected chi connectivity index (χ1v) is 18.4. The topological polar surface area (TPSA) is 12.1 Å². The average molecular weight is 672 g/mol. The van der Waals surface area contributed by atoms with Crippen LogP contribution in [0.3, 0.4) is 0 Å². The van der Waals surface area contributed by atoms with Crippen molar-refractivity contribution in [3.63, 3.8) is 0 Å². The van der Waals surface area contributed by atoms with E-state index in [2.05, 4.69) is 190 Å². The molecule has 0 N–H and O–H groups in total. The van der Waals surface area contributed by atoms with Crippen molar-refractivity contribution in [3.05, 3.63) is 176 Å². The van der Waals surface area contributed by atoms with Gasteiger partial charge in [-0.05, 0) is 82.2 Å². The zero-order valence-corrected chi connectivity index (χ0v) is 28.6. The second kappa shape index (κ2) is 9.81. The van der Waals surface area contributed by atoms with Crippen molar-refractivity contribution in [1.82, 2.24) is 8.80 Å². The lowest BCUT2D eigenvalue weighted by atomic mass is 9.97. The largest absolute Gasteiger partial charge is 0.308 e. The van der Waals surface area contributed by atoms with E-state index >= 15 is 0 Å². The van der Waals surface area contributed by atoms with Crippen LogP contribution in [0.5, 0.6) is 0 Å². The van der Waals surface area contributed by atoms with Crippen molar-refractivity contribution in [2.24, 2.45) is 0 Å². The molecule has 0 amide bonds. The standard InChI is InChI=1S/C50H29N3/c1-3-16-33(17-4-1)51(34-18-5-2-6-19-34)43-24-12-22-37-36-21-11-23-38-46-42(53(48(36)38)49(37)43)26-25-41-47(46)40-28-32-15-9-10-20-35(32)45-39-27-30-13-7-8-14-31(30)29-44(39)52(41)50(40)45/h1-29H. The molecule has 244 valence electrons. The molecule has 0 bridgehead atoms. The number of nitrogens with zero attached hydrogens (tertiary/aromatic N) is 3. The summed E-state index contributed by atoms with van der Waals surface area (Å²) in [5.41, 5.74) is 11.0. The molecule has 0 saturated heterocycles. The Morgan fingerprint density at radius 1 is 0.302 bits per heavy atom. The number of anilines is 3. The normalized spacial score (nSPS) is 12.5. The zero-order valence-electron chi connectivity index (χ0n) is 28.6. The molecule has 3 heteroatoms. The fourth-order valence-electron chi connectivity index (χ4n) is 9.82. The van der Waals surface area contributed by atoms with Gasteiger partial charge >= 0.3 is 0 Å². The maximum absolute atomic E-state index is 2.56. The van der Waals surface area contributed by atoms with Gasteiger partial charge in [-0.3, -0.25) is 0 Å². The number of fused-ring (bicyclic) bond motifs is 16. The van der Waals surface area contributed by atoms with E-state index in [1.807, 2.05) is 0 Å². The van der Waals surface area contributed by atoms with Gasteiger partial charge in [0.25, 0.3) is 0 Å². The molecule has 0 fully saturated rings. The summed E-state index contributed by atoms with van der Waals surface area (Å²) >= 11 is 0. The maximum atomic E-state index is 2.56. The Hall–Kier alpha value is -7.10. The van der Waals surface area contributed by atoms with Gasteiger partial charge in [-0.1, -0.05) is 115 Å². The van der Waals surface area contributed by atoms with Gasteiger partial charge in [0.2, 0.25) is 0 Å². The van der Waals surface area contributed by atoms with Crippen LogP contribution in [-0.4, -0.2) is 8.80 Å². The molecule has 9 aromatic carbocycles. The van der Waals surface area contributed by atoms with E-state index in [-0.39, 0.29) is 0 Å². The van der Waals surface area contributed by atoms with Crippen molar-refractivity contribution in [2.45, 2.75) is 0 Å². The molecule has 0 aliphatic heterocycles. The first-order valence-electron chi connectivity index (χ1n) is 18.4. The van der Waals surface area contributed by atoms with Gasteiger partial charge in [0.05, 0.1) is 38.8 Å². The molecule has 4 aromatic heterocycles. The van der Waals surface area contributed by atoms with Crippen LogP contribution >= 0.6 is 0 Å². The van der Waals surface area contributed by atoms with Crippen LogP contribution in [0, 0.1) is 0 Å². The Morgan fingerprint density at radius 2 is 0.849 bits per heavy atom. The third-order valence-corrected chi connectivity index (χ3v) is 11.9. The van der Waals surface area contributed by atoms with Gasteiger partial charge in [-0.2, -0.15) is 0 Å². The van der Waals surface area contributed by atoms with Crippen molar-refractivity contribution in [2.75, 3.05) is 4.90 Å². The lowest BCUT2D eigenvalue weighted by Crippen LogP contribution is -2.10. The lowest BCUT2D eigenvalue weighted by molar-refractivity contribution is 1.27. The first-order chi connectivity index (χ1) is 26.3. The Bertz CT molecular complexity index is 3570. The number of rotatable bonds is 3. The predicted octanol–water partition coefficient (Wildman–Crippen LogP) is 13.8. The summed E-state index contributed by atoms with van der Waals surface area (Å²) in [7, 11) is 0. The highest BCUT2D eigenvalue weighted by Gasteiger charge is 2.27. The van der Waals surface area contributed by atoms with Gasteiger partial charge in [-0.25, -0.2) is 0 Å². The number of para-hydroxylation sites is 4. The van der Waals surface area contributed by atoms with Crippen LogP contribution in [-0.2, 0) is 0 Å². The molecule has 13 rings (SSSR count). The third kappa shape index (κ3) is 3.40. The summed E-state index contributed by atoms with van der Waals surface area (Å²) in [6.07, 6.45) is 0. The Morgan fingerprint density at radius 3 is 1.60 bits per heavy atom. The molecule has 0 aliphatic rings. The highest BCUT2D eigenvalue weighted by Crippen LogP contribution is 2.50. The van der Waals surface area contributed by atoms with Gasteiger partial charge in [0.1, 0.15) is 0 Å². The van der Waals surface area contributed by atoms with Crippen LogP contribution < -0.4 is 4.90 Å². The molecule has 3 nitrogen and oxygen atoms in total. The molecule has 13 aromatic rings. The molecule has 0 aliphatic carbocycles. The van der Waals surface area contributed by atoms with Crippen molar-refractivity contribution in [1.29, 1.82) is 0 Å². The van der Waals surface area contributed by atoms with E-state index in [9.17, 15) is 0 Å². The average Bonchev–Trinajstić information content (AvgIpc) is 3.94. The van der Waals surface area contributed by atoms with E-state index in [1.165, 1.54) is 97.7 Å². The first kappa shape index (κ1) is 27.6. The minimum Gasteiger partial charge on any atom is -0.308 e. The SMILES string of the molecule is c1ccc(N(c2ccccc2)c2cccc3c4cccc5c6c7c8cc9ccccc9c9c%10cc%11ccccc%11cc%10n(c7ccc6n(c23)c45)c89)cc1. The molecule has 0 spiro atoms. The highest BCUT2D eigenvalue weighted by atomic mass is 15.2. The highest BCUT2D eigenvalue weighted by molar-refractivity contribution is 6.39. The zero-order chi connectivity index (χ0) is 34.4. The van der Waals surface area contributed by atoms with Crippen molar-refractivity contribution < 1.29 is 0 Å². The quantitative estimate of drug-likeness (QED) is 0.182. The smallest absolute Gasteiger partial charge is 0.0782 e. The fraction of sp³-hybridized carbons (Fsp3) is 0. The summed E-state index contributed by atoms with van der Waals surface area (Å²) in [6.45, 7) is 0. The number of benzene rings is 9. The van der Waals surface area contributed by atoms with Gasteiger partial charge < -0.3 is 13.7 Å². The molecule has 0 saturated carbocycles. The molecular formula is C50H29N3. The van der Waals surface area contributed by atoms with E-state index in [0.29, 0.717) is 0 Å². The van der Waals surface area contributed by atoms with Crippen molar-refractivity contribution in [3.8, 4) is 0 Å². The van der Waals surface area contributed by atoms with E-state index in [1.54, 1.807) is 0 Å². The fourth-order valence-corrected chi connectivity index (χ4v) is 9.82. The Labute approximate surface area is 303 Å². The maximum Gasteiger partial charge on any atom is 0.0782 e. The summed E-state index contributed by atoms with van der Waals surface area (Å²) in [4.78, 5) is 2.41. The minimum atomic E-state index is 1.13. The van der Waals surface area contributed by atoms with Crippen LogP contribution in [0.15, 0.2) is 176 Å². The number of aromatic nitrogens is 2.